The molecule has 4 heteroatoms. The first-order valence-corrected chi connectivity index (χ1v) is 5.35. The summed E-state index contributed by atoms with van der Waals surface area (Å²) in [6.45, 7) is 1.31. The van der Waals surface area contributed by atoms with Gasteiger partial charge in [-0.1, -0.05) is 0 Å². The molecule has 1 aromatic carbocycles. The smallest absolute Gasteiger partial charge is 0.125 e. The largest absolute Gasteiger partial charge is 0.497 e. The molecule has 4 nitrogen and oxygen atoms in total. The molecule has 1 aliphatic heterocycles. The first kappa shape index (κ1) is 11.2. The molecule has 1 atom stereocenters. The van der Waals surface area contributed by atoms with Crippen molar-refractivity contribution in [3.63, 3.8) is 0 Å². The average molecular weight is 224 g/mol. The zero-order valence-electron chi connectivity index (χ0n) is 9.31. The van der Waals surface area contributed by atoms with Crippen LogP contribution in [0, 0.1) is 0 Å². The van der Waals surface area contributed by atoms with Crippen molar-refractivity contribution in [2.24, 2.45) is 0 Å². The van der Waals surface area contributed by atoms with Crippen LogP contribution in [0.25, 0.3) is 0 Å². The maximum absolute atomic E-state index is 9.25. The zero-order valence-corrected chi connectivity index (χ0v) is 9.31. The summed E-state index contributed by atoms with van der Waals surface area (Å²) in [7, 11) is 1.60. The van der Waals surface area contributed by atoms with Crippen molar-refractivity contribution in [2.75, 3.05) is 20.3 Å². The number of hydrogen-bond donors (Lipinski definition) is 1. The number of rotatable bonds is 4. The molecule has 2 rings (SSSR count). The Morgan fingerprint density at radius 3 is 3.00 bits per heavy atom. The SMILES string of the molecule is COc1ccc(OC2CCOC2)c(CO)c1. The van der Waals surface area contributed by atoms with Gasteiger partial charge >= 0.3 is 0 Å². The van der Waals surface area contributed by atoms with E-state index >= 15 is 0 Å². The predicted molar refractivity (Wildman–Crippen MR) is 58.8 cm³/mol. The van der Waals surface area contributed by atoms with Crippen molar-refractivity contribution in [3.8, 4) is 11.5 Å². The summed E-state index contributed by atoms with van der Waals surface area (Å²) in [6.07, 6.45) is 0.996. The third-order valence-electron chi connectivity index (χ3n) is 2.62. The first-order chi connectivity index (χ1) is 7.83. The summed E-state index contributed by atoms with van der Waals surface area (Å²) in [5.74, 6) is 1.43. The second-order valence-corrected chi connectivity index (χ2v) is 3.74. The van der Waals surface area contributed by atoms with E-state index in [4.69, 9.17) is 14.2 Å². The third kappa shape index (κ3) is 2.46. The summed E-state index contributed by atoms with van der Waals surface area (Å²) in [5.41, 5.74) is 0.742. The lowest BCUT2D eigenvalue weighted by Crippen LogP contribution is -2.16. The summed E-state index contributed by atoms with van der Waals surface area (Å²) >= 11 is 0. The average Bonchev–Trinajstić information content (AvgIpc) is 2.82. The van der Waals surface area contributed by atoms with Gasteiger partial charge in [0, 0.05) is 12.0 Å². The molecule has 1 heterocycles. The molecule has 1 aliphatic rings. The van der Waals surface area contributed by atoms with Crippen LogP contribution in [-0.2, 0) is 11.3 Å². The molecule has 1 saturated heterocycles. The van der Waals surface area contributed by atoms with Crippen LogP contribution in [0.5, 0.6) is 11.5 Å². The van der Waals surface area contributed by atoms with Gasteiger partial charge in [0.05, 0.1) is 26.9 Å². The van der Waals surface area contributed by atoms with Crippen LogP contribution in [0.1, 0.15) is 12.0 Å². The van der Waals surface area contributed by atoms with Gasteiger partial charge in [-0.05, 0) is 18.2 Å². The Hall–Kier alpha value is -1.26. The number of methoxy groups -OCH3 is 1. The topological polar surface area (TPSA) is 47.9 Å². The fourth-order valence-corrected chi connectivity index (χ4v) is 1.71. The highest BCUT2D eigenvalue weighted by atomic mass is 16.5. The molecular formula is C12H16O4. The number of aliphatic hydroxyl groups is 1. The zero-order chi connectivity index (χ0) is 11.4. The van der Waals surface area contributed by atoms with Gasteiger partial charge in [-0.2, -0.15) is 0 Å². The molecule has 88 valence electrons. The number of aliphatic hydroxyl groups excluding tert-OH is 1. The highest BCUT2D eigenvalue weighted by molar-refractivity contribution is 5.40. The van der Waals surface area contributed by atoms with E-state index in [2.05, 4.69) is 0 Å². The summed E-state index contributed by atoms with van der Waals surface area (Å²) in [4.78, 5) is 0. The van der Waals surface area contributed by atoms with Gasteiger partial charge in [-0.15, -0.1) is 0 Å². The molecule has 0 spiro atoms. The molecule has 1 N–H and O–H groups in total. The minimum atomic E-state index is -0.0554. The fraction of sp³-hybridized carbons (Fsp3) is 0.500. The van der Waals surface area contributed by atoms with E-state index in [1.54, 1.807) is 13.2 Å². The van der Waals surface area contributed by atoms with Crippen LogP contribution in [-0.4, -0.2) is 31.5 Å². The lowest BCUT2D eigenvalue weighted by atomic mass is 10.2. The Morgan fingerprint density at radius 1 is 1.50 bits per heavy atom. The highest BCUT2D eigenvalue weighted by Gasteiger charge is 2.18. The molecule has 0 aliphatic carbocycles. The van der Waals surface area contributed by atoms with Crippen LogP contribution >= 0.6 is 0 Å². The molecule has 16 heavy (non-hydrogen) atoms. The van der Waals surface area contributed by atoms with Crippen molar-refractivity contribution in [1.82, 2.24) is 0 Å². The first-order valence-electron chi connectivity index (χ1n) is 5.35. The second kappa shape index (κ2) is 5.18. The van der Waals surface area contributed by atoms with Gasteiger partial charge in [-0.25, -0.2) is 0 Å². The summed E-state index contributed by atoms with van der Waals surface area (Å²) < 4.78 is 16.1. The minimum absolute atomic E-state index is 0.0554. The summed E-state index contributed by atoms with van der Waals surface area (Å²) in [5, 5.41) is 9.25. The molecule has 1 unspecified atom stereocenters. The van der Waals surface area contributed by atoms with E-state index in [1.165, 1.54) is 0 Å². The van der Waals surface area contributed by atoms with Gasteiger partial charge < -0.3 is 19.3 Å². The third-order valence-corrected chi connectivity index (χ3v) is 2.62. The molecular weight excluding hydrogens is 208 g/mol. The Kier molecular flexibility index (Phi) is 3.64. The van der Waals surface area contributed by atoms with E-state index in [1.807, 2.05) is 12.1 Å². The van der Waals surface area contributed by atoms with Crippen LogP contribution in [0.3, 0.4) is 0 Å². The fourth-order valence-electron chi connectivity index (χ4n) is 1.71. The van der Waals surface area contributed by atoms with Crippen LogP contribution in [0.15, 0.2) is 18.2 Å². The molecule has 1 fully saturated rings. The van der Waals surface area contributed by atoms with Crippen LogP contribution in [0.2, 0.25) is 0 Å². The Morgan fingerprint density at radius 2 is 2.38 bits per heavy atom. The van der Waals surface area contributed by atoms with E-state index in [0.29, 0.717) is 12.4 Å². The Balaban J connectivity index is 2.12. The Bertz CT molecular complexity index is 345. The molecule has 1 aromatic rings. The van der Waals surface area contributed by atoms with Gasteiger partial charge in [0.25, 0.3) is 0 Å². The van der Waals surface area contributed by atoms with E-state index < -0.39 is 0 Å². The molecule has 0 saturated carbocycles. The molecule has 0 aromatic heterocycles. The van der Waals surface area contributed by atoms with Gasteiger partial charge in [-0.3, -0.25) is 0 Å². The lowest BCUT2D eigenvalue weighted by molar-refractivity contribution is 0.139. The van der Waals surface area contributed by atoms with Gasteiger partial charge in [0.1, 0.15) is 17.6 Å². The standard InChI is InChI=1S/C12H16O4/c1-14-10-2-3-12(9(6-10)7-13)16-11-4-5-15-8-11/h2-3,6,11,13H,4-5,7-8H2,1H3. The maximum Gasteiger partial charge on any atom is 0.125 e. The molecule has 0 amide bonds. The number of benzene rings is 1. The van der Waals surface area contributed by atoms with Crippen molar-refractivity contribution in [2.45, 2.75) is 19.1 Å². The van der Waals surface area contributed by atoms with Crippen LogP contribution in [0.4, 0.5) is 0 Å². The number of ether oxygens (including phenoxy) is 3. The van der Waals surface area contributed by atoms with E-state index in [9.17, 15) is 5.11 Å². The monoisotopic (exact) mass is 224 g/mol. The molecule has 0 radical (unpaired) electrons. The van der Waals surface area contributed by atoms with Crippen molar-refractivity contribution < 1.29 is 19.3 Å². The van der Waals surface area contributed by atoms with Crippen LogP contribution < -0.4 is 9.47 Å². The van der Waals surface area contributed by atoms with Gasteiger partial charge in [0.2, 0.25) is 0 Å². The number of hydrogen-bond acceptors (Lipinski definition) is 4. The molecule has 0 bridgehead atoms. The Labute approximate surface area is 94.8 Å². The minimum Gasteiger partial charge on any atom is -0.497 e. The van der Waals surface area contributed by atoms with Crippen molar-refractivity contribution in [1.29, 1.82) is 0 Å². The second-order valence-electron chi connectivity index (χ2n) is 3.74. The van der Waals surface area contributed by atoms with E-state index in [-0.39, 0.29) is 12.7 Å². The lowest BCUT2D eigenvalue weighted by Gasteiger charge is -2.15. The van der Waals surface area contributed by atoms with E-state index in [0.717, 1.165) is 24.3 Å². The predicted octanol–water partition coefficient (Wildman–Crippen LogP) is 1.36. The van der Waals surface area contributed by atoms with Gasteiger partial charge in [0.15, 0.2) is 0 Å². The normalized spacial score (nSPS) is 19.8. The summed E-state index contributed by atoms with van der Waals surface area (Å²) in [6, 6.07) is 5.43. The highest BCUT2D eigenvalue weighted by Crippen LogP contribution is 2.26. The van der Waals surface area contributed by atoms with Crippen molar-refractivity contribution in [3.05, 3.63) is 23.8 Å². The maximum atomic E-state index is 9.25. The van der Waals surface area contributed by atoms with Crippen molar-refractivity contribution >= 4 is 0 Å². The quantitative estimate of drug-likeness (QED) is 0.838.